The highest BCUT2D eigenvalue weighted by Gasteiger charge is 2.09. The second-order valence-electron chi connectivity index (χ2n) is 4.01. The van der Waals surface area contributed by atoms with Gasteiger partial charge in [0.25, 0.3) is 11.5 Å². The summed E-state index contributed by atoms with van der Waals surface area (Å²) in [5, 5.41) is 8.03. The van der Waals surface area contributed by atoms with Crippen molar-refractivity contribution in [3.63, 3.8) is 0 Å². The van der Waals surface area contributed by atoms with Gasteiger partial charge < -0.3 is 10.5 Å². The first-order chi connectivity index (χ1) is 9.58. The number of rotatable bonds is 5. The molecule has 0 radical (unpaired) electrons. The molecule has 0 atom stereocenters. The van der Waals surface area contributed by atoms with Crippen molar-refractivity contribution < 1.29 is 14.3 Å². The summed E-state index contributed by atoms with van der Waals surface area (Å²) in [6.07, 6.45) is -0.0970. The fourth-order valence-electron chi connectivity index (χ4n) is 1.59. The predicted molar refractivity (Wildman–Crippen MR) is 68.6 cm³/mol. The lowest BCUT2D eigenvalue weighted by Crippen LogP contribution is -2.26. The van der Waals surface area contributed by atoms with Gasteiger partial charge in [-0.15, -0.1) is 5.10 Å². The van der Waals surface area contributed by atoms with Crippen LogP contribution in [-0.2, 0) is 20.9 Å². The molecule has 1 amide bonds. The lowest BCUT2D eigenvalue weighted by Gasteiger charge is -2.04. The molecule has 0 aliphatic heterocycles. The van der Waals surface area contributed by atoms with Gasteiger partial charge in [-0.1, -0.05) is 17.3 Å². The third-order valence-electron chi connectivity index (χ3n) is 2.53. The normalized spacial score (nSPS) is 10.4. The van der Waals surface area contributed by atoms with Crippen LogP contribution in [0.1, 0.15) is 6.42 Å². The van der Waals surface area contributed by atoms with Gasteiger partial charge in [0.05, 0.1) is 18.4 Å². The quantitative estimate of drug-likeness (QED) is 0.715. The maximum Gasteiger partial charge on any atom is 0.308 e. The van der Waals surface area contributed by atoms with Crippen LogP contribution in [0.15, 0.2) is 29.1 Å². The van der Waals surface area contributed by atoms with Gasteiger partial charge in [0, 0.05) is 0 Å². The maximum absolute atomic E-state index is 12.0. The van der Waals surface area contributed by atoms with E-state index in [2.05, 4.69) is 15.0 Å². The Morgan fingerprint density at radius 1 is 1.30 bits per heavy atom. The highest BCUT2D eigenvalue weighted by Crippen LogP contribution is 2.03. The van der Waals surface area contributed by atoms with Crippen molar-refractivity contribution in [3.8, 4) is 0 Å². The number of hydrogen-bond acceptors (Lipinski definition) is 6. The van der Waals surface area contributed by atoms with E-state index in [9.17, 15) is 14.4 Å². The zero-order valence-electron chi connectivity index (χ0n) is 10.5. The summed E-state index contributed by atoms with van der Waals surface area (Å²) in [5.41, 5.74) is 5.00. The number of nitrogens with two attached hydrogens (primary N) is 1. The number of aromatic nitrogens is 3. The summed E-state index contributed by atoms with van der Waals surface area (Å²) >= 11 is 0. The summed E-state index contributed by atoms with van der Waals surface area (Å²) < 4.78 is 5.65. The second-order valence-corrected chi connectivity index (χ2v) is 4.01. The highest BCUT2D eigenvalue weighted by molar-refractivity contribution is 5.79. The fraction of sp³-hybridized carbons (Fsp3) is 0.250. The van der Waals surface area contributed by atoms with Crippen molar-refractivity contribution in [1.29, 1.82) is 0 Å². The van der Waals surface area contributed by atoms with Crippen LogP contribution in [-0.4, -0.2) is 33.5 Å². The van der Waals surface area contributed by atoms with Gasteiger partial charge >= 0.3 is 5.97 Å². The molecule has 0 spiro atoms. The summed E-state index contributed by atoms with van der Waals surface area (Å²) in [7, 11) is 0. The van der Waals surface area contributed by atoms with Crippen LogP contribution >= 0.6 is 0 Å². The fourth-order valence-corrected chi connectivity index (χ4v) is 1.59. The van der Waals surface area contributed by atoms with Crippen LogP contribution in [0.4, 0.5) is 0 Å². The first-order valence-electron chi connectivity index (χ1n) is 5.84. The number of nitrogens with zero attached hydrogens (tertiary/aromatic N) is 3. The number of benzene rings is 1. The van der Waals surface area contributed by atoms with Gasteiger partial charge in [-0.3, -0.25) is 14.4 Å². The third kappa shape index (κ3) is 3.16. The van der Waals surface area contributed by atoms with E-state index in [1.54, 1.807) is 24.3 Å². The SMILES string of the molecule is NC(=O)COC(=O)CCn1nnc2ccccc2c1=O. The number of aryl methyl sites for hydroxylation is 1. The topological polar surface area (TPSA) is 117 Å². The molecule has 0 saturated carbocycles. The summed E-state index contributed by atoms with van der Waals surface area (Å²) in [6, 6.07) is 6.78. The Labute approximate surface area is 113 Å². The second kappa shape index (κ2) is 5.91. The van der Waals surface area contributed by atoms with Crippen LogP contribution in [0.3, 0.4) is 0 Å². The van der Waals surface area contributed by atoms with Gasteiger partial charge in [-0.05, 0) is 12.1 Å². The number of carbonyl (C=O) groups is 2. The van der Waals surface area contributed by atoms with Crippen molar-refractivity contribution in [1.82, 2.24) is 15.0 Å². The number of ether oxygens (including phenoxy) is 1. The molecule has 8 nitrogen and oxygen atoms in total. The molecule has 2 N–H and O–H groups in total. The molecule has 0 aliphatic rings. The lowest BCUT2D eigenvalue weighted by molar-refractivity contribution is -0.148. The molecule has 0 saturated heterocycles. The smallest absolute Gasteiger partial charge is 0.308 e. The van der Waals surface area contributed by atoms with Crippen LogP contribution in [0.2, 0.25) is 0 Å². The van der Waals surface area contributed by atoms with Gasteiger partial charge in [-0.25, -0.2) is 4.68 Å². The number of amides is 1. The van der Waals surface area contributed by atoms with E-state index in [0.29, 0.717) is 10.9 Å². The molecule has 0 bridgehead atoms. The molecule has 2 rings (SSSR count). The Hall–Kier alpha value is -2.77. The third-order valence-corrected chi connectivity index (χ3v) is 2.53. The molecule has 1 heterocycles. The van der Waals surface area contributed by atoms with Gasteiger partial charge in [0.1, 0.15) is 5.52 Å². The monoisotopic (exact) mass is 276 g/mol. The van der Waals surface area contributed by atoms with Crippen molar-refractivity contribution in [2.45, 2.75) is 13.0 Å². The standard InChI is InChI=1S/C12H12N4O4/c13-10(17)7-20-11(18)5-6-16-12(19)8-3-1-2-4-9(8)14-15-16/h1-4H,5-7H2,(H2,13,17). The van der Waals surface area contributed by atoms with Crippen LogP contribution in [0.5, 0.6) is 0 Å². The molecule has 0 unspecified atom stereocenters. The van der Waals surface area contributed by atoms with Crippen LogP contribution in [0.25, 0.3) is 10.9 Å². The van der Waals surface area contributed by atoms with E-state index >= 15 is 0 Å². The lowest BCUT2D eigenvalue weighted by atomic mass is 10.2. The van der Waals surface area contributed by atoms with Crippen LogP contribution < -0.4 is 11.3 Å². The Kier molecular flexibility index (Phi) is 4.04. The molecule has 104 valence electrons. The van der Waals surface area contributed by atoms with Crippen molar-refractivity contribution >= 4 is 22.8 Å². The number of hydrogen-bond donors (Lipinski definition) is 1. The minimum absolute atomic E-state index is 0.0221. The first kappa shape index (κ1) is 13.7. The van der Waals surface area contributed by atoms with Gasteiger partial charge in [0.2, 0.25) is 0 Å². The maximum atomic E-state index is 12.0. The Morgan fingerprint density at radius 3 is 2.80 bits per heavy atom. The minimum Gasteiger partial charge on any atom is -0.456 e. The highest BCUT2D eigenvalue weighted by atomic mass is 16.5. The zero-order valence-corrected chi connectivity index (χ0v) is 10.5. The summed E-state index contributed by atoms with van der Waals surface area (Å²) in [4.78, 5) is 33.8. The Bertz CT molecular complexity index is 710. The number of primary amides is 1. The van der Waals surface area contributed by atoms with E-state index < -0.39 is 18.5 Å². The first-order valence-corrected chi connectivity index (χ1v) is 5.84. The molecule has 0 fully saturated rings. The van der Waals surface area contributed by atoms with Gasteiger partial charge in [-0.2, -0.15) is 0 Å². The van der Waals surface area contributed by atoms with E-state index in [4.69, 9.17) is 5.73 Å². The Balaban J connectivity index is 2.07. The number of esters is 1. The molecule has 1 aromatic carbocycles. The molecule has 20 heavy (non-hydrogen) atoms. The minimum atomic E-state index is -0.735. The number of carbonyl (C=O) groups excluding carboxylic acids is 2. The summed E-state index contributed by atoms with van der Waals surface area (Å²) in [5.74, 6) is -1.37. The summed E-state index contributed by atoms with van der Waals surface area (Å²) in [6.45, 7) is -0.453. The van der Waals surface area contributed by atoms with E-state index in [0.717, 1.165) is 4.68 Å². The predicted octanol–water partition coefficient (Wildman–Crippen LogP) is -0.790. The van der Waals surface area contributed by atoms with Crippen LogP contribution in [0, 0.1) is 0 Å². The molecule has 1 aromatic heterocycles. The molecule has 2 aromatic rings. The van der Waals surface area contributed by atoms with E-state index in [-0.39, 0.29) is 18.5 Å². The number of fused-ring (bicyclic) bond motifs is 1. The molecular weight excluding hydrogens is 264 g/mol. The molecule has 0 aliphatic carbocycles. The van der Waals surface area contributed by atoms with Crippen molar-refractivity contribution in [3.05, 3.63) is 34.6 Å². The van der Waals surface area contributed by atoms with Gasteiger partial charge in [0.15, 0.2) is 6.61 Å². The molecular formula is C12H12N4O4. The van der Waals surface area contributed by atoms with E-state index in [1.165, 1.54) is 0 Å². The molecule has 8 heteroatoms. The van der Waals surface area contributed by atoms with Crippen molar-refractivity contribution in [2.24, 2.45) is 5.73 Å². The Morgan fingerprint density at radius 2 is 2.05 bits per heavy atom. The average Bonchev–Trinajstić information content (AvgIpc) is 2.44. The largest absolute Gasteiger partial charge is 0.456 e. The van der Waals surface area contributed by atoms with E-state index in [1.807, 2.05) is 0 Å². The zero-order chi connectivity index (χ0) is 14.5. The van der Waals surface area contributed by atoms with Crippen molar-refractivity contribution in [2.75, 3.05) is 6.61 Å². The average molecular weight is 276 g/mol.